The van der Waals surface area contributed by atoms with E-state index in [0.29, 0.717) is 10.8 Å². The summed E-state index contributed by atoms with van der Waals surface area (Å²) < 4.78 is 26.0. The number of hydrogen-bond donors (Lipinski definition) is 1. The van der Waals surface area contributed by atoms with E-state index in [1.54, 1.807) is 24.3 Å². The number of aromatic nitrogens is 2. The van der Waals surface area contributed by atoms with Gasteiger partial charge < -0.3 is 4.98 Å². The summed E-state index contributed by atoms with van der Waals surface area (Å²) in [7, 11) is -3.46. The lowest BCUT2D eigenvalue weighted by molar-refractivity contribution is 0.588. The third kappa shape index (κ3) is 2.27. The molecule has 0 fully saturated rings. The molecule has 0 spiro atoms. The SMILES string of the molecule is O=S(=O)(Cc1ccccc1)n1ccc2cc(Cl)[nH]c21. The van der Waals surface area contributed by atoms with Crippen molar-refractivity contribution in [2.75, 3.05) is 0 Å². The van der Waals surface area contributed by atoms with Crippen LogP contribution in [0.15, 0.2) is 48.7 Å². The molecule has 4 nitrogen and oxygen atoms in total. The molecule has 2 heterocycles. The average Bonchev–Trinajstić information content (AvgIpc) is 2.88. The second kappa shape index (κ2) is 4.43. The molecule has 0 aliphatic rings. The van der Waals surface area contributed by atoms with E-state index >= 15 is 0 Å². The Morgan fingerprint density at radius 2 is 1.89 bits per heavy atom. The van der Waals surface area contributed by atoms with Crippen molar-refractivity contribution in [1.29, 1.82) is 0 Å². The van der Waals surface area contributed by atoms with Gasteiger partial charge in [0.15, 0.2) is 0 Å². The van der Waals surface area contributed by atoms with E-state index < -0.39 is 10.0 Å². The molecular formula is C13H11ClN2O2S. The van der Waals surface area contributed by atoms with Gasteiger partial charge in [-0.25, -0.2) is 12.4 Å². The molecular weight excluding hydrogens is 284 g/mol. The Hall–Kier alpha value is -1.72. The largest absolute Gasteiger partial charge is 0.331 e. The number of hydrogen-bond acceptors (Lipinski definition) is 2. The fourth-order valence-electron chi connectivity index (χ4n) is 2.04. The molecule has 1 aromatic carbocycles. The molecule has 19 heavy (non-hydrogen) atoms. The monoisotopic (exact) mass is 294 g/mol. The lowest BCUT2D eigenvalue weighted by Gasteiger charge is -2.06. The second-order valence-corrected chi connectivity index (χ2v) is 6.53. The van der Waals surface area contributed by atoms with Crippen molar-refractivity contribution in [2.24, 2.45) is 0 Å². The van der Waals surface area contributed by atoms with Crippen LogP contribution in [0.2, 0.25) is 5.15 Å². The van der Waals surface area contributed by atoms with Crippen molar-refractivity contribution in [3.05, 3.63) is 59.4 Å². The van der Waals surface area contributed by atoms with Gasteiger partial charge >= 0.3 is 0 Å². The lowest BCUT2D eigenvalue weighted by Crippen LogP contribution is -2.14. The zero-order valence-electron chi connectivity index (χ0n) is 9.88. The summed E-state index contributed by atoms with van der Waals surface area (Å²) in [5.41, 5.74) is 1.25. The van der Waals surface area contributed by atoms with Gasteiger partial charge in [-0.3, -0.25) is 0 Å². The molecule has 3 aromatic rings. The number of halogens is 1. The maximum absolute atomic E-state index is 12.4. The maximum Gasteiger partial charge on any atom is 0.244 e. The Morgan fingerprint density at radius 1 is 1.16 bits per heavy atom. The van der Waals surface area contributed by atoms with E-state index in [1.165, 1.54) is 10.2 Å². The van der Waals surface area contributed by atoms with Crippen molar-refractivity contribution >= 4 is 32.7 Å². The van der Waals surface area contributed by atoms with Gasteiger partial charge in [0, 0.05) is 11.6 Å². The Morgan fingerprint density at radius 3 is 2.63 bits per heavy atom. The highest BCUT2D eigenvalue weighted by Crippen LogP contribution is 2.22. The smallest absolute Gasteiger partial charge is 0.244 e. The number of nitrogens with one attached hydrogen (secondary N) is 1. The number of aromatic amines is 1. The average molecular weight is 295 g/mol. The van der Waals surface area contributed by atoms with E-state index in [-0.39, 0.29) is 5.75 Å². The molecule has 0 saturated heterocycles. The van der Waals surface area contributed by atoms with Crippen LogP contribution in [0.3, 0.4) is 0 Å². The first-order valence-corrected chi connectivity index (χ1v) is 7.68. The Bertz CT molecular complexity index is 819. The van der Waals surface area contributed by atoms with Gasteiger partial charge in [0.2, 0.25) is 10.0 Å². The molecule has 0 bridgehead atoms. The Balaban J connectivity index is 2.05. The second-order valence-electron chi connectivity index (χ2n) is 4.27. The van der Waals surface area contributed by atoms with Gasteiger partial charge in [0.05, 0.1) is 5.75 Å². The van der Waals surface area contributed by atoms with Gasteiger partial charge in [-0.1, -0.05) is 41.9 Å². The predicted octanol–water partition coefficient (Wildman–Crippen LogP) is 3.00. The van der Waals surface area contributed by atoms with Crippen molar-refractivity contribution in [1.82, 2.24) is 8.96 Å². The molecule has 6 heteroatoms. The first-order valence-electron chi connectivity index (χ1n) is 5.69. The number of rotatable bonds is 3. The van der Waals surface area contributed by atoms with Crippen molar-refractivity contribution in [3.8, 4) is 0 Å². The number of nitrogens with zero attached hydrogens (tertiary/aromatic N) is 1. The van der Waals surface area contributed by atoms with Crippen molar-refractivity contribution in [2.45, 2.75) is 5.75 Å². The molecule has 3 rings (SSSR count). The van der Waals surface area contributed by atoms with Gasteiger partial charge in [-0.2, -0.15) is 0 Å². The minimum absolute atomic E-state index is 0.0474. The normalized spacial score (nSPS) is 12.1. The molecule has 0 aliphatic carbocycles. The quantitative estimate of drug-likeness (QED) is 0.807. The van der Waals surface area contributed by atoms with Gasteiger partial charge in [0.25, 0.3) is 0 Å². The van der Waals surface area contributed by atoms with Gasteiger partial charge in [-0.15, -0.1) is 0 Å². The highest BCUT2D eigenvalue weighted by atomic mass is 35.5. The van der Waals surface area contributed by atoms with E-state index in [4.69, 9.17) is 11.6 Å². The number of benzene rings is 1. The van der Waals surface area contributed by atoms with Crippen LogP contribution in [0.4, 0.5) is 0 Å². The van der Waals surface area contributed by atoms with Crippen LogP contribution in [0.25, 0.3) is 11.0 Å². The fourth-order valence-corrected chi connectivity index (χ4v) is 3.68. The molecule has 2 aromatic heterocycles. The Kier molecular flexibility index (Phi) is 2.88. The molecule has 1 N–H and O–H groups in total. The van der Waals surface area contributed by atoms with E-state index in [2.05, 4.69) is 4.98 Å². The third-order valence-electron chi connectivity index (χ3n) is 2.89. The minimum atomic E-state index is -3.46. The van der Waals surface area contributed by atoms with Crippen LogP contribution >= 0.6 is 11.6 Å². The zero-order valence-corrected chi connectivity index (χ0v) is 11.4. The first kappa shape index (κ1) is 12.3. The molecule has 0 radical (unpaired) electrons. The molecule has 0 unspecified atom stereocenters. The fraction of sp³-hybridized carbons (Fsp3) is 0.0769. The summed E-state index contributed by atoms with van der Waals surface area (Å²) in [6.45, 7) is 0. The molecule has 0 aliphatic heterocycles. The van der Waals surface area contributed by atoms with E-state index in [1.807, 2.05) is 18.2 Å². The van der Waals surface area contributed by atoms with Crippen LogP contribution in [-0.2, 0) is 15.8 Å². The summed E-state index contributed by atoms with van der Waals surface area (Å²) in [6, 6.07) is 12.5. The Labute approximate surface area is 115 Å². The van der Waals surface area contributed by atoms with Crippen LogP contribution in [-0.4, -0.2) is 17.4 Å². The predicted molar refractivity (Wildman–Crippen MR) is 75.8 cm³/mol. The zero-order chi connectivity index (χ0) is 13.5. The van der Waals surface area contributed by atoms with Crippen LogP contribution < -0.4 is 0 Å². The first-order chi connectivity index (χ1) is 9.06. The molecule has 0 amide bonds. The number of fused-ring (bicyclic) bond motifs is 1. The summed E-state index contributed by atoms with van der Waals surface area (Å²) in [5, 5.41) is 1.20. The molecule has 0 saturated carbocycles. The number of H-pyrrole nitrogens is 1. The lowest BCUT2D eigenvalue weighted by atomic mass is 10.2. The highest BCUT2D eigenvalue weighted by molar-refractivity contribution is 7.89. The van der Waals surface area contributed by atoms with E-state index in [9.17, 15) is 8.42 Å². The van der Waals surface area contributed by atoms with Crippen LogP contribution in [0, 0.1) is 0 Å². The summed E-state index contributed by atoms with van der Waals surface area (Å²) in [4.78, 5) is 2.85. The third-order valence-corrected chi connectivity index (χ3v) is 4.70. The van der Waals surface area contributed by atoms with Gasteiger partial charge in [-0.05, 0) is 17.7 Å². The van der Waals surface area contributed by atoms with Gasteiger partial charge in [0.1, 0.15) is 10.8 Å². The highest BCUT2D eigenvalue weighted by Gasteiger charge is 2.17. The summed E-state index contributed by atoms with van der Waals surface area (Å²) in [5.74, 6) is -0.0474. The molecule has 98 valence electrons. The van der Waals surface area contributed by atoms with Crippen molar-refractivity contribution < 1.29 is 8.42 Å². The van der Waals surface area contributed by atoms with E-state index in [0.717, 1.165) is 10.9 Å². The van der Waals surface area contributed by atoms with Crippen LogP contribution in [0.1, 0.15) is 5.56 Å². The minimum Gasteiger partial charge on any atom is -0.331 e. The summed E-state index contributed by atoms with van der Waals surface area (Å²) >= 11 is 5.84. The topological polar surface area (TPSA) is 54.9 Å². The molecule has 0 atom stereocenters. The maximum atomic E-state index is 12.4. The standard InChI is InChI=1S/C13H11ClN2O2S/c14-12-8-11-6-7-16(13(11)15-12)19(17,18)9-10-4-2-1-3-5-10/h1-8,15H,9H2. The summed E-state index contributed by atoms with van der Waals surface area (Å²) in [6.07, 6.45) is 1.54. The van der Waals surface area contributed by atoms with Crippen molar-refractivity contribution in [3.63, 3.8) is 0 Å². The van der Waals surface area contributed by atoms with Crippen LogP contribution in [0.5, 0.6) is 0 Å².